The van der Waals surface area contributed by atoms with Crippen LogP contribution in [-0.4, -0.2) is 48.3 Å². The van der Waals surface area contributed by atoms with Crippen LogP contribution in [0.15, 0.2) is 29.2 Å². The second kappa shape index (κ2) is 7.68. The maximum absolute atomic E-state index is 11.7. The van der Waals surface area contributed by atoms with Crippen molar-refractivity contribution >= 4 is 23.6 Å². The number of thioether (sulfide) groups is 1. The molecule has 1 N–H and O–H groups in total. The highest BCUT2D eigenvalue weighted by molar-refractivity contribution is 8.00. The minimum absolute atomic E-state index is 0.0323. The van der Waals surface area contributed by atoms with Gasteiger partial charge >= 0.3 is 5.97 Å². The molecule has 0 radical (unpaired) electrons. The standard InChI is InChI=1S/C13H17NO4S/c1-14(8-7-13(16)17)12(15)9-19-11-5-3-10(18-2)4-6-11/h3-6H,7-9H2,1-2H3,(H,16,17). The van der Waals surface area contributed by atoms with Crippen molar-refractivity contribution in [3.8, 4) is 5.75 Å². The van der Waals surface area contributed by atoms with Crippen LogP contribution in [0.25, 0.3) is 0 Å². The number of hydrogen-bond donors (Lipinski definition) is 1. The molecule has 104 valence electrons. The lowest BCUT2D eigenvalue weighted by Crippen LogP contribution is -2.30. The van der Waals surface area contributed by atoms with Crippen molar-refractivity contribution in [2.45, 2.75) is 11.3 Å². The summed E-state index contributed by atoms with van der Waals surface area (Å²) in [6, 6.07) is 7.43. The smallest absolute Gasteiger partial charge is 0.305 e. The number of carboxylic acids is 1. The van der Waals surface area contributed by atoms with Gasteiger partial charge in [0.15, 0.2) is 0 Å². The maximum Gasteiger partial charge on any atom is 0.305 e. The van der Waals surface area contributed by atoms with Gasteiger partial charge in [-0.3, -0.25) is 9.59 Å². The molecule has 0 saturated carbocycles. The normalized spacial score (nSPS) is 10.0. The number of hydrogen-bond acceptors (Lipinski definition) is 4. The molecule has 1 aromatic carbocycles. The molecule has 0 aliphatic rings. The predicted molar refractivity (Wildman–Crippen MR) is 73.6 cm³/mol. The molecule has 19 heavy (non-hydrogen) atoms. The highest BCUT2D eigenvalue weighted by atomic mass is 32.2. The first-order chi connectivity index (χ1) is 9.02. The van der Waals surface area contributed by atoms with Crippen molar-refractivity contribution in [2.75, 3.05) is 26.5 Å². The van der Waals surface area contributed by atoms with E-state index in [2.05, 4.69) is 0 Å². The molecule has 1 rings (SSSR count). The van der Waals surface area contributed by atoms with Crippen LogP contribution in [-0.2, 0) is 9.59 Å². The molecule has 0 aliphatic heterocycles. The topological polar surface area (TPSA) is 66.8 Å². The number of carboxylic acid groups (broad SMARTS) is 1. The van der Waals surface area contributed by atoms with Crippen molar-refractivity contribution < 1.29 is 19.4 Å². The molecule has 5 nitrogen and oxygen atoms in total. The zero-order chi connectivity index (χ0) is 14.3. The van der Waals surface area contributed by atoms with Gasteiger partial charge in [0, 0.05) is 18.5 Å². The van der Waals surface area contributed by atoms with Gasteiger partial charge in [-0.2, -0.15) is 0 Å². The molecule has 0 unspecified atom stereocenters. The number of rotatable bonds is 7. The third-order valence-electron chi connectivity index (χ3n) is 2.51. The molecule has 0 saturated heterocycles. The molecular weight excluding hydrogens is 266 g/mol. The van der Waals surface area contributed by atoms with Gasteiger partial charge in [-0.25, -0.2) is 0 Å². The van der Waals surface area contributed by atoms with E-state index in [0.29, 0.717) is 5.75 Å². The Labute approximate surface area is 116 Å². The Bertz CT molecular complexity index is 433. The first-order valence-corrected chi connectivity index (χ1v) is 6.74. The summed E-state index contributed by atoms with van der Waals surface area (Å²) in [5, 5.41) is 8.55. The maximum atomic E-state index is 11.7. The van der Waals surface area contributed by atoms with E-state index in [-0.39, 0.29) is 18.9 Å². The van der Waals surface area contributed by atoms with Crippen molar-refractivity contribution in [1.82, 2.24) is 4.90 Å². The number of aliphatic carboxylic acids is 1. The predicted octanol–water partition coefficient (Wildman–Crippen LogP) is 1.72. The lowest BCUT2D eigenvalue weighted by Gasteiger charge is -2.15. The Morgan fingerprint density at radius 2 is 1.95 bits per heavy atom. The number of carbonyl (C=O) groups is 2. The van der Waals surface area contributed by atoms with Crippen LogP contribution in [0.4, 0.5) is 0 Å². The van der Waals surface area contributed by atoms with Gasteiger partial charge in [0.25, 0.3) is 0 Å². The van der Waals surface area contributed by atoms with Crippen molar-refractivity contribution in [2.24, 2.45) is 0 Å². The molecule has 0 atom stereocenters. The molecule has 0 fully saturated rings. The van der Waals surface area contributed by atoms with Crippen molar-refractivity contribution in [1.29, 1.82) is 0 Å². The minimum atomic E-state index is -0.901. The molecule has 1 amide bonds. The van der Waals surface area contributed by atoms with Crippen LogP contribution in [0.3, 0.4) is 0 Å². The number of benzene rings is 1. The van der Waals surface area contributed by atoms with Gasteiger partial charge in [0.2, 0.25) is 5.91 Å². The average Bonchev–Trinajstić information content (AvgIpc) is 2.42. The van der Waals surface area contributed by atoms with Gasteiger partial charge in [0.05, 0.1) is 19.3 Å². The lowest BCUT2D eigenvalue weighted by atomic mass is 10.3. The first kappa shape index (κ1) is 15.4. The Balaban J connectivity index is 2.38. The van der Waals surface area contributed by atoms with Gasteiger partial charge < -0.3 is 14.7 Å². The Morgan fingerprint density at radius 1 is 1.32 bits per heavy atom. The zero-order valence-electron chi connectivity index (χ0n) is 11.0. The fourth-order valence-corrected chi connectivity index (χ4v) is 2.15. The number of amides is 1. The van der Waals surface area contributed by atoms with E-state index < -0.39 is 5.97 Å². The summed E-state index contributed by atoms with van der Waals surface area (Å²) < 4.78 is 5.05. The van der Waals surface area contributed by atoms with E-state index >= 15 is 0 Å². The van der Waals surface area contributed by atoms with E-state index in [9.17, 15) is 9.59 Å². The Hall–Kier alpha value is -1.69. The SMILES string of the molecule is COc1ccc(SCC(=O)N(C)CCC(=O)O)cc1. The molecule has 0 aliphatic carbocycles. The van der Waals surface area contributed by atoms with E-state index in [1.807, 2.05) is 24.3 Å². The molecule has 0 heterocycles. The molecule has 6 heteroatoms. The van der Waals surface area contributed by atoms with Crippen molar-refractivity contribution in [3.63, 3.8) is 0 Å². The highest BCUT2D eigenvalue weighted by Gasteiger charge is 2.10. The molecule has 1 aromatic rings. The first-order valence-electron chi connectivity index (χ1n) is 5.75. The third-order valence-corrected chi connectivity index (χ3v) is 3.51. The van der Waals surface area contributed by atoms with Crippen LogP contribution in [0.2, 0.25) is 0 Å². The van der Waals surface area contributed by atoms with Crippen LogP contribution in [0.5, 0.6) is 5.75 Å². The van der Waals surface area contributed by atoms with Crippen LogP contribution < -0.4 is 4.74 Å². The number of carbonyl (C=O) groups excluding carboxylic acids is 1. The van der Waals surface area contributed by atoms with Gasteiger partial charge in [-0.05, 0) is 24.3 Å². The van der Waals surface area contributed by atoms with Crippen LogP contribution in [0, 0.1) is 0 Å². The summed E-state index contributed by atoms with van der Waals surface area (Å²) >= 11 is 1.42. The summed E-state index contributed by atoms with van der Waals surface area (Å²) in [5.41, 5.74) is 0. The molecule has 0 aromatic heterocycles. The monoisotopic (exact) mass is 283 g/mol. The summed E-state index contributed by atoms with van der Waals surface area (Å²) in [7, 11) is 3.21. The quantitative estimate of drug-likeness (QED) is 0.772. The van der Waals surface area contributed by atoms with E-state index in [1.165, 1.54) is 16.7 Å². The third kappa shape index (κ3) is 5.65. The Morgan fingerprint density at radius 3 is 2.47 bits per heavy atom. The Kier molecular flexibility index (Phi) is 6.21. The van der Waals surface area contributed by atoms with Gasteiger partial charge in [0.1, 0.15) is 5.75 Å². The molecule has 0 bridgehead atoms. The number of ether oxygens (including phenoxy) is 1. The van der Waals surface area contributed by atoms with Crippen LogP contribution >= 0.6 is 11.8 Å². The van der Waals surface area contributed by atoms with E-state index in [0.717, 1.165) is 10.6 Å². The summed E-state index contributed by atoms with van der Waals surface area (Å²) in [5.74, 6) is 0.0846. The largest absolute Gasteiger partial charge is 0.497 e. The van der Waals surface area contributed by atoms with Crippen molar-refractivity contribution in [3.05, 3.63) is 24.3 Å². The summed E-state index contributed by atoms with van der Waals surface area (Å²) in [6.07, 6.45) is -0.0323. The average molecular weight is 283 g/mol. The lowest BCUT2D eigenvalue weighted by molar-refractivity contribution is -0.137. The summed E-state index contributed by atoms with van der Waals surface area (Å²) in [4.78, 5) is 24.6. The van der Waals surface area contributed by atoms with Gasteiger partial charge in [-0.1, -0.05) is 0 Å². The van der Waals surface area contributed by atoms with E-state index in [4.69, 9.17) is 9.84 Å². The summed E-state index contributed by atoms with van der Waals surface area (Å²) in [6.45, 7) is 0.233. The fourth-order valence-electron chi connectivity index (χ4n) is 1.32. The number of nitrogens with zero attached hydrogens (tertiary/aromatic N) is 1. The molecule has 0 spiro atoms. The van der Waals surface area contributed by atoms with E-state index in [1.54, 1.807) is 14.2 Å². The second-order valence-corrected chi connectivity index (χ2v) is 4.97. The highest BCUT2D eigenvalue weighted by Crippen LogP contribution is 2.21. The number of methoxy groups -OCH3 is 1. The second-order valence-electron chi connectivity index (χ2n) is 3.92. The van der Waals surface area contributed by atoms with Crippen LogP contribution in [0.1, 0.15) is 6.42 Å². The minimum Gasteiger partial charge on any atom is -0.497 e. The fraction of sp³-hybridized carbons (Fsp3) is 0.385. The zero-order valence-corrected chi connectivity index (χ0v) is 11.8. The molecular formula is C13H17NO4S. The van der Waals surface area contributed by atoms with Gasteiger partial charge in [-0.15, -0.1) is 11.8 Å².